The Labute approximate surface area is 117 Å². The van der Waals surface area contributed by atoms with Crippen molar-refractivity contribution in [2.24, 2.45) is 0 Å². The lowest BCUT2D eigenvalue weighted by Crippen LogP contribution is -2.45. The molecule has 0 spiro atoms. The molecule has 1 rings (SSSR count). The highest BCUT2D eigenvalue weighted by Crippen LogP contribution is 2.16. The maximum atomic E-state index is 12.0. The van der Waals surface area contributed by atoms with Gasteiger partial charge in [0.05, 0.1) is 6.33 Å². The number of rotatable bonds is 5. The predicted octanol–water partition coefficient (Wildman–Crippen LogP) is 1.68. The van der Waals surface area contributed by atoms with E-state index in [0.717, 1.165) is 6.42 Å². The van der Waals surface area contributed by atoms with Crippen molar-refractivity contribution in [1.82, 2.24) is 14.9 Å². The second-order valence-electron chi connectivity index (χ2n) is 5.00. The summed E-state index contributed by atoms with van der Waals surface area (Å²) < 4.78 is 23.6. The first kappa shape index (κ1) is 16.0. The molecule has 0 aliphatic heterocycles. The average Bonchev–Trinajstić information content (AvgIpc) is 2.76. The number of carbonyl (C=O) groups excluding carboxylic acids is 1. The summed E-state index contributed by atoms with van der Waals surface area (Å²) >= 11 is 0. The zero-order valence-electron chi connectivity index (χ0n) is 11.3. The molecule has 6 nitrogen and oxygen atoms in total. The van der Waals surface area contributed by atoms with Gasteiger partial charge in [-0.1, -0.05) is 6.92 Å². The number of amides is 1. The molecule has 1 atom stereocenters. The summed E-state index contributed by atoms with van der Waals surface area (Å²) in [6.07, 6.45) is 3.31. The topological polar surface area (TPSA) is 81.1 Å². The summed E-state index contributed by atoms with van der Waals surface area (Å²) in [5.41, 5.74) is -0.312. The van der Waals surface area contributed by atoms with E-state index in [1.807, 2.05) is 20.8 Å². The number of aromatic nitrogens is 2. The fraction of sp³-hybridized carbons (Fsp3) is 0.636. The van der Waals surface area contributed by atoms with Gasteiger partial charge in [-0.3, -0.25) is 4.79 Å². The molecule has 0 radical (unpaired) electrons. The van der Waals surface area contributed by atoms with E-state index >= 15 is 0 Å². The third kappa shape index (κ3) is 4.21. The molecule has 0 aliphatic carbocycles. The van der Waals surface area contributed by atoms with Gasteiger partial charge in [0.25, 0.3) is 9.05 Å². The first-order chi connectivity index (χ1) is 8.57. The number of nitrogens with one attached hydrogen (secondary N) is 1. The van der Waals surface area contributed by atoms with Crippen LogP contribution in [0, 0.1) is 0 Å². The standard InChI is InChI=1S/C11H18ClN3O3S/c1-5-11(3,4)14-10(16)8(2)15-6-9(13-7-15)19(12,17)18/h6-8H,5H2,1-4H3,(H,14,16). The Morgan fingerprint density at radius 1 is 1.58 bits per heavy atom. The molecular weight excluding hydrogens is 290 g/mol. The molecule has 1 heterocycles. The van der Waals surface area contributed by atoms with Gasteiger partial charge in [0.15, 0.2) is 5.03 Å². The highest BCUT2D eigenvalue weighted by atomic mass is 35.7. The number of hydrogen-bond donors (Lipinski definition) is 1. The highest BCUT2D eigenvalue weighted by Gasteiger charge is 2.24. The van der Waals surface area contributed by atoms with Crippen LogP contribution in [-0.4, -0.2) is 29.4 Å². The monoisotopic (exact) mass is 307 g/mol. The van der Waals surface area contributed by atoms with Crippen LogP contribution in [0.2, 0.25) is 0 Å². The SMILES string of the molecule is CCC(C)(C)NC(=O)C(C)n1cnc(S(=O)(=O)Cl)c1. The van der Waals surface area contributed by atoms with Crippen LogP contribution < -0.4 is 5.32 Å². The summed E-state index contributed by atoms with van der Waals surface area (Å²) in [5, 5.41) is 2.62. The van der Waals surface area contributed by atoms with Gasteiger partial charge in [0, 0.05) is 22.4 Å². The van der Waals surface area contributed by atoms with E-state index in [1.165, 1.54) is 17.1 Å². The minimum atomic E-state index is -3.87. The second kappa shape index (κ2) is 5.50. The van der Waals surface area contributed by atoms with Crippen molar-refractivity contribution in [1.29, 1.82) is 0 Å². The Balaban J connectivity index is 2.87. The van der Waals surface area contributed by atoms with Crippen LogP contribution >= 0.6 is 10.7 Å². The molecule has 0 aliphatic rings. The zero-order valence-corrected chi connectivity index (χ0v) is 12.9. The van der Waals surface area contributed by atoms with Crippen molar-refractivity contribution in [2.75, 3.05) is 0 Å². The van der Waals surface area contributed by atoms with Crippen LogP contribution in [0.1, 0.15) is 40.2 Å². The summed E-state index contributed by atoms with van der Waals surface area (Å²) in [4.78, 5) is 15.7. The van der Waals surface area contributed by atoms with Crippen molar-refractivity contribution < 1.29 is 13.2 Å². The van der Waals surface area contributed by atoms with Gasteiger partial charge in [-0.05, 0) is 27.2 Å². The Kier molecular flexibility index (Phi) is 4.63. The van der Waals surface area contributed by atoms with E-state index in [4.69, 9.17) is 10.7 Å². The van der Waals surface area contributed by atoms with Gasteiger partial charge in [0.2, 0.25) is 5.91 Å². The highest BCUT2D eigenvalue weighted by molar-refractivity contribution is 8.13. The van der Waals surface area contributed by atoms with Crippen LogP contribution in [0.25, 0.3) is 0 Å². The lowest BCUT2D eigenvalue weighted by atomic mass is 10.0. The number of nitrogens with zero attached hydrogens (tertiary/aromatic N) is 2. The molecular formula is C11H18ClN3O3S. The predicted molar refractivity (Wildman–Crippen MR) is 72.5 cm³/mol. The number of imidazole rings is 1. The first-order valence-electron chi connectivity index (χ1n) is 5.87. The van der Waals surface area contributed by atoms with E-state index in [-0.39, 0.29) is 16.5 Å². The minimum absolute atomic E-state index is 0.206. The quantitative estimate of drug-likeness (QED) is 0.839. The van der Waals surface area contributed by atoms with Gasteiger partial charge in [0.1, 0.15) is 6.04 Å². The maximum Gasteiger partial charge on any atom is 0.280 e. The number of hydrogen-bond acceptors (Lipinski definition) is 4. The largest absolute Gasteiger partial charge is 0.349 e. The summed E-state index contributed by atoms with van der Waals surface area (Å²) in [6.45, 7) is 7.47. The molecule has 1 N–H and O–H groups in total. The lowest BCUT2D eigenvalue weighted by Gasteiger charge is -2.26. The third-order valence-electron chi connectivity index (χ3n) is 3.00. The van der Waals surface area contributed by atoms with Gasteiger partial charge in [-0.25, -0.2) is 13.4 Å². The Morgan fingerprint density at radius 2 is 2.16 bits per heavy atom. The Bertz CT molecular complexity index is 565. The second-order valence-corrected chi connectivity index (χ2v) is 7.51. The molecule has 108 valence electrons. The molecule has 19 heavy (non-hydrogen) atoms. The molecule has 0 saturated carbocycles. The van der Waals surface area contributed by atoms with Crippen molar-refractivity contribution in [3.63, 3.8) is 0 Å². The van der Waals surface area contributed by atoms with Crippen LogP contribution in [0.15, 0.2) is 17.6 Å². The van der Waals surface area contributed by atoms with Crippen molar-refractivity contribution in [2.45, 2.75) is 50.7 Å². The number of carbonyl (C=O) groups is 1. The smallest absolute Gasteiger partial charge is 0.280 e. The van der Waals surface area contributed by atoms with Crippen molar-refractivity contribution >= 4 is 25.6 Å². The van der Waals surface area contributed by atoms with Crippen molar-refractivity contribution in [3.8, 4) is 0 Å². The molecule has 0 saturated heterocycles. The molecule has 8 heteroatoms. The first-order valence-corrected chi connectivity index (χ1v) is 8.18. The molecule has 0 aromatic carbocycles. The van der Waals surface area contributed by atoms with E-state index in [0.29, 0.717) is 0 Å². The van der Waals surface area contributed by atoms with Gasteiger partial charge >= 0.3 is 0 Å². The van der Waals surface area contributed by atoms with Crippen LogP contribution in [-0.2, 0) is 13.8 Å². The van der Waals surface area contributed by atoms with Crippen LogP contribution in [0.3, 0.4) is 0 Å². The minimum Gasteiger partial charge on any atom is -0.349 e. The van der Waals surface area contributed by atoms with E-state index in [1.54, 1.807) is 6.92 Å². The van der Waals surface area contributed by atoms with E-state index < -0.39 is 15.1 Å². The van der Waals surface area contributed by atoms with E-state index in [2.05, 4.69) is 10.3 Å². The summed E-state index contributed by atoms with van der Waals surface area (Å²) in [6, 6.07) is -0.564. The van der Waals surface area contributed by atoms with Gasteiger partial charge in [-0.2, -0.15) is 0 Å². The van der Waals surface area contributed by atoms with Crippen molar-refractivity contribution in [3.05, 3.63) is 12.5 Å². The molecule has 0 bridgehead atoms. The van der Waals surface area contributed by atoms with Gasteiger partial charge in [-0.15, -0.1) is 0 Å². The fourth-order valence-electron chi connectivity index (χ4n) is 1.32. The fourth-order valence-corrected chi connectivity index (χ4v) is 1.98. The Hall–Kier alpha value is -1.08. The Morgan fingerprint density at radius 3 is 2.58 bits per heavy atom. The molecule has 1 amide bonds. The van der Waals surface area contributed by atoms with Gasteiger partial charge < -0.3 is 9.88 Å². The third-order valence-corrected chi connectivity index (χ3v) is 4.18. The average molecular weight is 308 g/mol. The van der Waals surface area contributed by atoms with Crippen LogP contribution in [0.4, 0.5) is 0 Å². The summed E-state index contributed by atoms with van der Waals surface area (Å²) in [7, 11) is 1.31. The summed E-state index contributed by atoms with van der Waals surface area (Å²) in [5.74, 6) is -0.206. The zero-order chi connectivity index (χ0) is 14.8. The normalized spacial score (nSPS) is 14.2. The van der Waals surface area contributed by atoms with E-state index in [9.17, 15) is 13.2 Å². The lowest BCUT2D eigenvalue weighted by molar-refractivity contribution is -0.125. The molecule has 1 aromatic rings. The van der Waals surface area contributed by atoms with Crippen LogP contribution in [0.5, 0.6) is 0 Å². The maximum absolute atomic E-state index is 12.0. The molecule has 0 fully saturated rings. The molecule has 1 aromatic heterocycles. The molecule has 1 unspecified atom stereocenters. The number of halogens is 1.